The van der Waals surface area contributed by atoms with Crippen LogP contribution in [0, 0.1) is 13.8 Å². The molecule has 0 radical (unpaired) electrons. The predicted molar refractivity (Wildman–Crippen MR) is 131 cm³/mol. The fraction of sp³-hybridized carbons (Fsp3) is 0.185. The average molecular weight is 446 g/mol. The Morgan fingerprint density at radius 2 is 1.72 bits per heavy atom. The maximum atomic E-state index is 13.3. The molecule has 0 saturated carbocycles. The third kappa shape index (κ3) is 4.06. The Balaban J connectivity index is 1.87. The highest BCUT2D eigenvalue weighted by Crippen LogP contribution is 2.32. The summed E-state index contributed by atoms with van der Waals surface area (Å²) in [6.45, 7) is 5.74. The van der Waals surface area contributed by atoms with Crippen molar-refractivity contribution in [2.75, 3.05) is 11.2 Å². The molecule has 0 bridgehead atoms. The normalized spacial score (nSPS) is 12.0. The first-order chi connectivity index (χ1) is 15.4. The number of Topliss-reactive ketones (excluding diaryl/α,β-unsaturated/α-hetero) is 1. The Bertz CT molecular complexity index is 1360. The molecule has 162 valence electrons. The van der Waals surface area contributed by atoms with Gasteiger partial charge in [-0.15, -0.1) is 11.6 Å². The van der Waals surface area contributed by atoms with Crippen LogP contribution >= 0.6 is 11.6 Å². The number of para-hydroxylation sites is 1. The van der Waals surface area contributed by atoms with Crippen molar-refractivity contribution < 1.29 is 9.21 Å². The highest BCUT2D eigenvalue weighted by atomic mass is 35.5. The molecule has 4 nitrogen and oxygen atoms in total. The molecule has 0 fully saturated rings. The van der Waals surface area contributed by atoms with Gasteiger partial charge in [0.1, 0.15) is 11.3 Å². The SMILES string of the molecule is Cc1cc(C(C)Nc2ccccc2C(=O)CCl)c2oc(-c3ccccc3)c(C)c(=O)c2c1. The van der Waals surface area contributed by atoms with Crippen molar-refractivity contribution in [1.82, 2.24) is 0 Å². The molecule has 0 aliphatic heterocycles. The third-order valence-electron chi connectivity index (χ3n) is 5.62. The zero-order valence-corrected chi connectivity index (χ0v) is 19.0. The van der Waals surface area contributed by atoms with Gasteiger partial charge in [-0.3, -0.25) is 9.59 Å². The van der Waals surface area contributed by atoms with E-state index in [2.05, 4.69) is 5.32 Å². The van der Waals surface area contributed by atoms with Gasteiger partial charge in [-0.05, 0) is 44.5 Å². The number of fused-ring (bicyclic) bond motifs is 1. The van der Waals surface area contributed by atoms with Gasteiger partial charge in [-0.2, -0.15) is 0 Å². The molecule has 0 amide bonds. The molecule has 0 spiro atoms. The Hall–Kier alpha value is -3.37. The molecule has 0 aliphatic carbocycles. The summed E-state index contributed by atoms with van der Waals surface area (Å²) in [4.78, 5) is 25.5. The van der Waals surface area contributed by atoms with E-state index in [0.29, 0.717) is 33.5 Å². The second-order valence-electron chi connectivity index (χ2n) is 7.95. The van der Waals surface area contributed by atoms with Gasteiger partial charge in [-0.25, -0.2) is 0 Å². The maximum Gasteiger partial charge on any atom is 0.196 e. The number of ketones is 1. The lowest BCUT2D eigenvalue weighted by atomic mass is 9.98. The first-order valence-electron chi connectivity index (χ1n) is 10.5. The molecule has 0 saturated heterocycles. The van der Waals surface area contributed by atoms with Gasteiger partial charge in [0.05, 0.1) is 17.3 Å². The summed E-state index contributed by atoms with van der Waals surface area (Å²) in [6, 6.07) is 20.6. The quantitative estimate of drug-likeness (QED) is 0.266. The van der Waals surface area contributed by atoms with Crippen molar-refractivity contribution in [2.45, 2.75) is 26.8 Å². The van der Waals surface area contributed by atoms with Gasteiger partial charge in [-0.1, -0.05) is 48.5 Å². The highest BCUT2D eigenvalue weighted by Gasteiger charge is 2.20. The molecule has 4 rings (SSSR count). The van der Waals surface area contributed by atoms with Gasteiger partial charge in [0.25, 0.3) is 0 Å². The van der Waals surface area contributed by atoms with Crippen molar-refractivity contribution in [1.29, 1.82) is 0 Å². The molecule has 5 heteroatoms. The molecule has 1 atom stereocenters. The molecule has 32 heavy (non-hydrogen) atoms. The minimum atomic E-state index is -0.226. The van der Waals surface area contributed by atoms with Crippen LogP contribution in [0.5, 0.6) is 0 Å². The molecule has 4 aromatic rings. The lowest BCUT2D eigenvalue weighted by Gasteiger charge is -2.20. The number of benzene rings is 3. The largest absolute Gasteiger partial charge is 0.455 e. The van der Waals surface area contributed by atoms with Crippen molar-refractivity contribution >= 4 is 34.0 Å². The summed E-state index contributed by atoms with van der Waals surface area (Å²) in [5.74, 6) is 0.331. The van der Waals surface area contributed by atoms with Crippen LogP contribution < -0.4 is 10.7 Å². The number of anilines is 1. The van der Waals surface area contributed by atoms with E-state index in [4.69, 9.17) is 16.0 Å². The minimum absolute atomic E-state index is 0.0417. The van der Waals surface area contributed by atoms with Gasteiger partial charge in [0.15, 0.2) is 11.2 Å². The second-order valence-corrected chi connectivity index (χ2v) is 8.22. The topological polar surface area (TPSA) is 59.3 Å². The van der Waals surface area contributed by atoms with Gasteiger partial charge in [0, 0.05) is 27.9 Å². The fourth-order valence-electron chi connectivity index (χ4n) is 3.99. The van der Waals surface area contributed by atoms with E-state index >= 15 is 0 Å². The van der Waals surface area contributed by atoms with Crippen LogP contribution in [0.25, 0.3) is 22.3 Å². The smallest absolute Gasteiger partial charge is 0.196 e. The number of aryl methyl sites for hydroxylation is 1. The van der Waals surface area contributed by atoms with E-state index in [1.807, 2.05) is 74.5 Å². The molecule has 1 heterocycles. The third-order valence-corrected chi connectivity index (χ3v) is 5.86. The lowest BCUT2D eigenvalue weighted by molar-refractivity contribution is 0.102. The summed E-state index contributed by atoms with van der Waals surface area (Å²) in [6.07, 6.45) is 0. The lowest BCUT2D eigenvalue weighted by Crippen LogP contribution is -2.14. The average Bonchev–Trinajstić information content (AvgIpc) is 2.81. The highest BCUT2D eigenvalue weighted by molar-refractivity contribution is 6.31. The molecular weight excluding hydrogens is 422 g/mol. The second kappa shape index (κ2) is 9.01. The number of halogens is 1. The van der Waals surface area contributed by atoms with Crippen LogP contribution in [0.3, 0.4) is 0 Å². The maximum absolute atomic E-state index is 13.3. The molecular formula is C27H24ClNO3. The predicted octanol–water partition coefficient (Wildman–Crippen LogP) is 6.67. The Kier molecular flexibility index (Phi) is 6.15. The monoisotopic (exact) mass is 445 g/mol. The Labute approximate surface area is 191 Å². The molecule has 1 aromatic heterocycles. The van der Waals surface area contributed by atoms with Crippen molar-refractivity contribution in [3.05, 3.63) is 99.2 Å². The number of nitrogens with one attached hydrogen (secondary N) is 1. The Morgan fingerprint density at radius 1 is 1.03 bits per heavy atom. The summed E-state index contributed by atoms with van der Waals surface area (Å²) in [5.41, 5.74) is 4.98. The van der Waals surface area contributed by atoms with E-state index in [1.165, 1.54) is 0 Å². The van der Waals surface area contributed by atoms with E-state index < -0.39 is 0 Å². The van der Waals surface area contributed by atoms with Crippen LogP contribution in [-0.4, -0.2) is 11.7 Å². The van der Waals surface area contributed by atoms with Crippen molar-refractivity contribution in [3.63, 3.8) is 0 Å². The minimum Gasteiger partial charge on any atom is -0.455 e. The molecule has 0 aliphatic rings. The molecule has 1 unspecified atom stereocenters. The first kappa shape index (κ1) is 21.8. The zero-order chi connectivity index (χ0) is 22.8. The van der Waals surface area contributed by atoms with Crippen LogP contribution in [0.1, 0.15) is 40.0 Å². The van der Waals surface area contributed by atoms with Crippen LogP contribution in [0.4, 0.5) is 5.69 Å². The number of hydrogen-bond donors (Lipinski definition) is 1. The van der Waals surface area contributed by atoms with E-state index in [0.717, 1.165) is 16.7 Å². The standard InChI is InChI=1S/C27H24ClNO3/c1-16-13-21(18(3)29-23-12-8-7-11-20(23)24(30)15-28)27-22(14-16)25(31)17(2)26(32-27)19-9-5-4-6-10-19/h4-14,18,29H,15H2,1-3H3. The summed E-state index contributed by atoms with van der Waals surface area (Å²) < 4.78 is 6.38. The van der Waals surface area contributed by atoms with Gasteiger partial charge in [0.2, 0.25) is 0 Å². The number of rotatable bonds is 6. The van der Waals surface area contributed by atoms with Crippen molar-refractivity contribution in [2.24, 2.45) is 0 Å². The van der Waals surface area contributed by atoms with Crippen LogP contribution in [-0.2, 0) is 0 Å². The van der Waals surface area contributed by atoms with E-state index in [9.17, 15) is 9.59 Å². The van der Waals surface area contributed by atoms with Crippen LogP contribution in [0.15, 0.2) is 75.9 Å². The fourth-order valence-corrected chi connectivity index (χ4v) is 4.13. The zero-order valence-electron chi connectivity index (χ0n) is 18.2. The summed E-state index contributed by atoms with van der Waals surface area (Å²) >= 11 is 5.79. The van der Waals surface area contributed by atoms with Crippen molar-refractivity contribution in [3.8, 4) is 11.3 Å². The van der Waals surface area contributed by atoms with E-state index in [1.54, 1.807) is 13.0 Å². The molecule has 3 aromatic carbocycles. The first-order valence-corrected chi connectivity index (χ1v) is 11.0. The number of carbonyl (C=O) groups is 1. The number of hydrogen-bond acceptors (Lipinski definition) is 4. The number of carbonyl (C=O) groups excluding carboxylic acids is 1. The summed E-state index contributed by atoms with van der Waals surface area (Å²) in [7, 11) is 0. The van der Waals surface area contributed by atoms with Crippen LogP contribution in [0.2, 0.25) is 0 Å². The number of alkyl halides is 1. The Morgan fingerprint density at radius 3 is 2.44 bits per heavy atom. The summed E-state index contributed by atoms with van der Waals surface area (Å²) in [5, 5.41) is 3.96. The van der Waals surface area contributed by atoms with Gasteiger partial charge < -0.3 is 9.73 Å². The molecule has 1 N–H and O–H groups in total. The van der Waals surface area contributed by atoms with E-state index in [-0.39, 0.29) is 23.1 Å². The van der Waals surface area contributed by atoms with Gasteiger partial charge >= 0.3 is 0 Å².